The molecule has 4 aliphatic carbocycles. The minimum absolute atomic E-state index is 0.0885. The molecule has 4 saturated carbocycles. The number of ketones is 3. The second-order valence-corrected chi connectivity index (χ2v) is 37.3. The molecule has 15 bridgehead atoms. The first-order valence-corrected chi connectivity index (χ1v) is 43.6. The summed E-state index contributed by atoms with van der Waals surface area (Å²) >= 11 is 14.5. The van der Waals surface area contributed by atoms with Gasteiger partial charge in [-0.1, -0.05) is 79.9 Å². The molecule has 33 nitrogen and oxygen atoms in total. The Hall–Kier alpha value is -9.92. The Bertz CT molecular complexity index is 5260. The number of hydrogen-bond acceptors (Lipinski definition) is 27. The lowest BCUT2D eigenvalue weighted by Gasteiger charge is -2.54. The van der Waals surface area contributed by atoms with Crippen LogP contribution in [-0.4, -0.2) is 181 Å². The number of aliphatic hydroxyl groups excluding tert-OH is 6. The Morgan fingerprint density at radius 1 is 0.694 bits per heavy atom. The van der Waals surface area contributed by atoms with Gasteiger partial charge < -0.3 is 101 Å². The molecule has 17 N–H and O–H groups in total. The zero-order chi connectivity index (χ0) is 89.1. The molecule has 11 aliphatic rings. The standard InChI is InChI=1S/C88H101Cl2N7O26S/c1-7-42(18-37(2)3)82(111)95-73-60(102)27-49(30-68(105)92-87(115)97-124(116,117)51-13-8-38(4)9-14-51)83(112)93-71-48-28-65(119-63-16-11-44(75(73)106)25-56(63)89)79(123-86-80(78(109)77(108)67(36-98)121-86)122-69-35-88(6,91)81(110)39(5)118-69)66(29-48)120-64-17-12-45(26-57(64)90)76(107)74-85(114)94-72(62(104)33-52-46-20-40-19-41(22-46)23-47(52)21-40)55-31-50(99)32-59(101)70(55)54-24-43(10-15-58(54)100)53(34-61(71)103)84(113)96-74/h8-17,24-26,28-29,31-32,37,39-42,46-47,49,52-53,67,69,71-78,80-81,86,98-101,106-110H,7,18-23,27,30,33-36,91H2,1-6H3,(H,93,112)(H,94,114)(H,95,111)(H,96,113)(H2,92,97,105,115)/t39-,40?,41?,42+,46?,47?,49-,52?,53+,67+,69-,71+,72-,73-,74-,75+,76+,77+,78-,80+,81+,86-,88-/m0/s1. The summed E-state index contributed by atoms with van der Waals surface area (Å²) in [5, 5.41) is 119. The fraction of sp³-hybridized carbons (Fsp3) is 0.489. The van der Waals surface area contributed by atoms with Crippen LogP contribution in [0, 0.1) is 54.3 Å². The van der Waals surface area contributed by atoms with Crippen molar-refractivity contribution < 1.29 is 126 Å². The van der Waals surface area contributed by atoms with Gasteiger partial charge in [0.15, 0.2) is 41.2 Å². The number of phenolic OH excluding ortho intramolecular Hbond substituents is 3. The molecule has 7 aliphatic heterocycles. The van der Waals surface area contributed by atoms with Gasteiger partial charge in [0.1, 0.15) is 83.4 Å². The molecule has 0 aromatic heterocycles. The lowest BCUT2D eigenvalue weighted by atomic mass is 9.51. The van der Waals surface area contributed by atoms with Gasteiger partial charge in [0.2, 0.25) is 41.6 Å². The number of sulfonamides is 1. The predicted molar refractivity (Wildman–Crippen MR) is 441 cm³/mol. The minimum atomic E-state index is -4.73. The van der Waals surface area contributed by atoms with E-state index >= 15 is 28.8 Å². The van der Waals surface area contributed by atoms with Crippen molar-refractivity contribution in [2.24, 2.45) is 53.1 Å². The maximum atomic E-state index is 16.8. The Balaban J connectivity index is 0.966. The molecule has 0 unspecified atom stereocenters. The quantitative estimate of drug-likeness (QED) is 0.0420. The lowest BCUT2D eigenvalue weighted by molar-refractivity contribution is -0.333. The number of benzene rings is 6. The van der Waals surface area contributed by atoms with Crippen LogP contribution in [0.1, 0.15) is 175 Å². The van der Waals surface area contributed by atoms with E-state index in [9.17, 15) is 68.8 Å². The molecule has 18 atom stereocenters. The molecule has 664 valence electrons. The van der Waals surface area contributed by atoms with Crippen LogP contribution < -0.4 is 51.3 Å². The number of imide groups is 1. The Kier molecular flexibility index (Phi) is 26.6. The summed E-state index contributed by atoms with van der Waals surface area (Å²) in [7, 11) is -4.73. The largest absolute Gasteiger partial charge is 0.508 e. The Morgan fingerprint density at radius 3 is 1.93 bits per heavy atom. The summed E-state index contributed by atoms with van der Waals surface area (Å²) in [6.45, 7) is 9.10. The lowest BCUT2D eigenvalue weighted by Crippen LogP contribution is -2.64. The number of carbonyl (C=O) groups is 9. The van der Waals surface area contributed by atoms with Crippen LogP contribution in [0.3, 0.4) is 0 Å². The Morgan fingerprint density at radius 2 is 1.32 bits per heavy atom. The van der Waals surface area contributed by atoms with Crippen molar-refractivity contribution in [2.45, 2.75) is 221 Å². The highest BCUT2D eigenvalue weighted by Crippen LogP contribution is 2.59. The van der Waals surface area contributed by atoms with E-state index in [1.165, 1.54) is 74.5 Å². The molecule has 124 heavy (non-hydrogen) atoms. The van der Waals surface area contributed by atoms with Crippen LogP contribution >= 0.6 is 23.2 Å². The number of nitrogens with two attached hydrogens (primary N) is 1. The highest BCUT2D eigenvalue weighted by molar-refractivity contribution is 7.90. The molecule has 0 spiro atoms. The van der Waals surface area contributed by atoms with Gasteiger partial charge in [-0.2, -0.15) is 0 Å². The third-order valence-electron chi connectivity index (χ3n) is 25.3. The first-order chi connectivity index (χ1) is 58.7. The zero-order valence-corrected chi connectivity index (χ0v) is 70.8. The fourth-order valence-corrected chi connectivity index (χ4v) is 20.5. The summed E-state index contributed by atoms with van der Waals surface area (Å²) < 4.78 is 68.0. The van der Waals surface area contributed by atoms with E-state index in [0.29, 0.717) is 17.4 Å². The number of phenols is 3. The van der Waals surface area contributed by atoms with Crippen LogP contribution in [0.5, 0.6) is 46.0 Å². The van der Waals surface area contributed by atoms with Crippen LogP contribution in [0.4, 0.5) is 4.79 Å². The maximum Gasteiger partial charge on any atom is 0.335 e. The average molecular weight is 1780 g/mol. The van der Waals surface area contributed by atoms with E-state index < -0.39 is 248 Å². The number of aryl methyl sites for hydroxylation is 1. The van der Waals surface area contributed by atoms with Crippen molar-refractivity contribution in [1.29, 1.82) is 0 Å². The smallest absolute Gasteiger partial charge is 0.335 e. The van der Waals surface area contributed by atoms with E-state index in [0.717, 1.165) is 74.6 Å². The minimum Gasteiger partial charge on any atom is -0.508 e. The summed E-state index contributed by atoms with van der Waals surface area (Å²) in [6, 6.07) is 10.0. The van der Waals surface area contributed by atoms with Crippen LogP contribution in [0.25, 0.3) is 11.1 Å². The third-order valence-corrected chi connectivity index (χ3v) is 27.3. The van der Waals surface area contributed by atoms with E-state index in [1.807, 2.05) is 19.2 Å². The molecule has 7 heterocycles. The highest BCUT2D eigenvalue weighted by atomic mass is 35.5. The predicted octanol–water partition coefficient (Wildman–Crippen LogP) is 7.51. The molecule has 0 radical (unpaired) electrons. The molecule has 6 fully saturated rings. The molecule has 17 rings (SSSR count). The first-order valence-electron chi connectivity index (χ1n) is 41.4. The maximum absolute atomic E-state index is 16.8. The van der Waals surface area contributed by atoms with Crippen molar-refractivity contribution in [3.63, 3.8) is 0 Å². The van der Waals surface area contributed by atoms with Gasteiger partial charge >= 0.3 is 6.03 Å². The summed E-state index contributed by atoms with van der Waals surface area (Å²) in [5.74, 6) is -17.5. The number of carbonyl (C=O) groups excluding carboxylic acids is 9. The average Bonchev–Trinajstić information content (AvgIpc) is 0.757. The van der Waals surface area contributed by atoms with Gasteiger partial charge in [-0.3, -0.25) is 43.7 Å². The number of rotatable bonds is 17. The molecule has 6 aromatic carbocycles. The van der Waals surface area contributed by atoms with Crippen LogP contribution in [-0.2, 0) is 62.6 Å². The second kappa shape index (κ2) is 36.6. The van der Waals surface area contributed by atoms with E-state index in [4.69, 9.17) is 57.4 Å². The van der Waals surface area contributed by atoms with Crippen molar-refractivity contribution in [2.75, 3.05) is 6.61 Å². The second-order valence-electron chi connectivity index (χ2n) is 34.8. The molecule has 7 amide bonds. The topological polar surface area (TPSA) is 523 Å². The number of ether oxygens (including phenoxy) is 6. The fourth-order valence-electron chi connectivity index (χ4n) is 19.1. The van der Waals surface area contributed by atoms with Crippen molar-refractivity contribution in [1.82, 2.24) is 31.3 Å². The number of amides is 7. The van der Waals surface area contributed by atoms with E-state index in [1.54, 1.807) is 18.6 Å². The van der Waals surface area contributed by atoms with Gasteiger partial charge in [-0.15, -0.1) is 0 Å². The summed E-state index contributed by atoms with van der Waals surface area (Å²) in [4.78, 5) is 139. The molecule has 36 heteroatoms. The van der Waals surface area contributed by atoms with Crippen LogP contribution in [0.15, 0.2) is 108 Å². The number of halogens is 2. The molecular weight excluding hydrogens is 1670 g/mol. The third kappa shape index (κ3) is 19.1. The number of fused-ring (bicyclic) bond motifs is 15. The number of aliphatic hydroxyl groups is 6. The monoisotopic (exact) mass is 1770 g/mol. The van der Waals surface area contributed by atoms with Gasteiger partial charge in [0.25, 0.3) is 10.0 Å². The highest BCUT2D eigenvalue weighted by Gasteiger charge is 2.53. The molecule has 6 aromatic rings. The summed E-state index contributed by atoms with van der Waals surface area (Å²) in [5.41, 5.74) is 3.89. The SMILES string of the molecule is CC[C@H](CC(C)C)C(=O)N[C@H]1C(=O)C[C@@H](CC(=O)NC(=O)NS(=O)(=O)c2ccc(C)cc2)C(=O)N[C@H]2C(=O)C[C@H]3C(=O)N[C@H](C(=O)N[C@H](C(=O)CC4C5CC6CC(C5)CC4C6)c4cc(O)cc(O)c4-c4cc3ccc4O)[C@H](O)c3ccc(c(Cl)c3)Oc3cc2cc(c3O[C@@H]2O[C@H](CO)[C@@H](O)[C@H](O)[C@H]2O[C@H]2C[C@](C)(N)[C@H](O)[C@H](C)O2)Oc2ccc(cc2Cl)[C@H]1O. The van der Waals surface area contributed by atoms with E-state index in [2.05, 4.69) is 21.3 Å². The first kappa shape index (κ1) is 90.3. The number of aromatic hydroxyl groups is 3. The van der Waals surface area contributed by atoms with Crippen molar-refractivity contribution >= 4 is 86.1 Å². The number of Topliss-reactive ketones (excluding diaryl/α,β-unsaturated/α-hetero) is 3. The van der Waals surface area contributed by atoms with Gasteiger partial charge in [0.05, 0.1) is 45.6 Å². The van der Waals surface area contributed by atoms with Crippen molar-refractivity contribution in [3.8, 4) is 57.1 Å². The number of nitrogens with one attached hydrogen (secondary N) is 6. The van der Waals surface area contributed by atoms with Crippen molar-refractivity contribution in [3.05, 3.63) is 147 Å². The van der Waals surface area contributed by atoms with Gasteiger partial charge in [-0.05, 0) is 196 Å². The number of urea groups is 1. The summed E-state index contributed by atoms with van der Waals surface area (Å²) in [6.07, 6.45) is -16.4. The Labute approximate surface area is 723 Å². The number of hydrogen-bond donors (Lipinski definition) is 16. The zero-order valence-electron chi connectivity index (χ0n) is 68.5. The molecule has 2 saturated heterocycles. The van der Waals surface area contributed by atoms with Gasteiger partial charge in [-0.25, -0.2) is 17.9 Å². The van der Waals surface area contributed by atoms with E-state index in [-0.39, 0.29) is 99.3 Å². The van der Waals surface area contributed by atoms with Gasteiger partial charge in [0, 0.05) is 60.8 Å². The molecular formula is C88H101Cl2N7O26S. The van der Waals surface area contributed by atoms with Crippen LogP contribution in [0.2, 0.25) is 10.0 Å². The normalized spacial score (nSPS) is 30.8.